The molecule has 7 nitrogen and oxygen atoms in total. The van der Waals surface area contributed by atoms with Crippen molar-refractivity contribution in [1.29, 1.82) is 0 Å². The summed E-state index contributed by atoms with van der Waals surface area (Å²) in [5.74, 6) is 0.117. The van der Waals surface area contributed by atoms with E-state index in [-0.39, 0.29) is 23.9 Å². The number of nitrogen functional groups attached to an aromatic ring is 1. The zero-order valence-electron chi connectivity index (χ0n) is 19.2. The third kappa shape index (κ3) is 3.54. The molecule has 0 amide bonds. The van der Waals surface area contributed by atoms with E-state index in [0.29, 0.717) is 0 Å². The second-order valence-corrected chi connectivity index (χ2v) is 14.6. The molecule has 1 aliphatic heterocycles. The van der Waals surface area contributed by atoms with E-state index in [9.17, 15) is 15.0 Å². The Morgan fingerprint density at radius 1 is 1.09 bits per heavy atom. The molecule has 4 rings (SSSR count). The number of benzene rings is 2. The minimum atomic E-state index is -3.17. The van der Waals surface area contributed by atoms with E-state index in [1.165, 1.54) is 4.57 Å². The van der Waals surface area contributed by atoms with Crippen molar-refractivity contribution in [2.24, 2.45) is 0 Å². The fourth-order valence-electron chi connectivity index (χ4n) is 5.67. The van der Waals surface area contributed by atoms with Crippen LogP contribution < -0.4 is 21.8 Å². The molecule has 174 valence electrons. The lowest BCUT2D eigenvalue weighted by atomic mass is 10.2. The number of aliphatic hydroxyl groups is 2. The SMILES string of the molecule is CC(C)(C)[Si](c1ccccc1)(c1ccccc1)[C@]1(n2ccc(N)nc2=O)C[C@H](O)[C@@H](CO)O1. The molecule has 2 heterocycles. The number of ether oxygens (including phenoxy) is 1. The lowest BCUT2D eigenvalue weighted by Crippen LogP contribution is -2.79. The van der Waals surface area contributed by atoms with E-state index in [0.717, 1.165) is 10.4 Å². The number of nitrogens with zero attached hydrogens (tertiary/aromatic N) is 2. The van der Waals surface area contributed by atoms with Crippen LogP contribution in [0.4, 0.5) is 5.82 Å². The summed E-state index contributed by atoms with van der Waals surface area (Å²) in [5.41, 5.74) is 5.28. The van der Waals surface area contributed by atoms with Crippen molar-refractivity contribution in [3.8, 4) is 0 Å². The predicted molar refractivity (Wildman–Crippen MR) is 131 cm³/mol. The van der Waals surface area contributed by atoms with Crippen molar-refractivity contribution in [3.05, 3.63) is 83.4 Å². The Labute approximate surface area is 194 Å². The van der Waals surface area contributed by atoms with E-state index in [1.54, 1.807) is 12.3 Å². The molecular weight excluding hydrogens is 434 g/mol. The third-order valence-electron chi connectivity index (χ3n) is 6.78. The van der Waals surface area contributed by atoms with Crippen LogP contribution in [0, 0.1) is 0 Å². The minimum absolute atomic E-state index is 0.117. The summed E-state index contributed by atoms with van der Waals surface area (Å²) in [7, 11) is -3.17. The van der Waals surface area contributed by atoms with E-state index in [4.69, 9.17) is 10.5 Å². The van der Waals surface area contributed by atoms with Crippen molar-refractivity contribution < 1.29 is 14.9 Å². The average Bonchev–Trinajstić information content (AvgIpc) is 3.11. The van der Waals surface area contributed by atoms with Gasteiger partial charge in [0.15, 0.2) is 8.07 Å². The highest BCUT2D eigenvalue weighted by Gasteiger charge is 2.68. The van der Waals surface area contributed by atoms with Crippen molar-refractivity contribution in [2.45, 2.75) is 49.8 Å². The molecule has 0 bridgehead atoms. The maximum Gasteiger partial charge on any atom is 0.351 e. The van der Waals surface area contributed by atoms with Gasteiger partial charge in [0.25, 0.3) is 0 Å². The summed E-state index contributed by atoms with van der Waals surface area (Å²) >= 11 is 0. The third-order valence-corrected chi connectivity index (χ3v) is 13.2. The predicted octanol–water partition coefficient (Wildman–Crippen LogP) is 1.22. The van der Waals surface area contributed by atoms with Crippen LogP contribution in [0.25, 0.3) is 0 Å². The van der Waals surface area contributed by atoms with Crippen LogP contribution in [0.3, 0.4) is 0 Å². The zero-order chi connectivity index (χ0) is 23.9. The highest BCUT2D eigenvalue weighted by molar-refractivity contribution is 7.05. The maximum atomic E-state index is 13.3. The summed E-state index contributed by atoms with van der Waals surface area (Å²) in [4.78, 5) is 17.3. The van der Waals surface area contributed by atoms with E-state index in [1.807, 2.05) is 36.4 Å². The molecule has 2 aromatic carbocycles. The molecule has 1 fully saturated rings. The Balaban J connectivity index is 2.20. The largest absolute Gasteiger partial charge is 0.394 e. The topological polar surface area (TPSA) is 111 Å². The minimum Gasteiger partial charge on any atom is -0.394 e. The zero-order valence-corrected chi connectivity index (χ0v) is 20.2. The molecule has 0 unspecified atom stereocenters. The van der Waals surface area contributed by atoms with Gasteiger partial charge in [0, 0.05) is 12.6 Å². The maximum absolute atomic E-state index is 13.3. The number of anilines is 1. The molecule has 0 spiro atoms. The van der Waals surface area contributed by atoms with Gasteiger partial charge >= 0.3 is 5.69 Å². The van der Waals surface area contributed by atoms with Crippen LogP contribution >= 0.6 is 0 Å². The number of aliphatic hydroxyl groups excluding tert-OH is 2. The molecule has 4 N–H and O–H groups in total. The lowest BCUT2D eigenvalue weighted by molar-refractivity contribution is -0.0762. The summed E-state index contributed by atoms with van der Waals surface area (Å²) in [6.45, 7) is 6.09. The molecule has 33 heavy (non-hydrogen) atoms. The Bertz CT molecular complexity index is 1120. The van der Waals surface area contributed by atoms with Crippen molar-refractivity contribution in [1.82, 2.24) is 9.55 Å². The molecule has 0 saturated carbocycles. The number of hydrogen-bond acceptors (Lipinski definition) is 6. The molecule has 3 aromatic rings. The van der Waals surface area contributed by atoms with E-state index >= 15 is 0 Å². The Morgan fingerprint density at radius 3 is 2.06 bits per heavy atom. The molecule has 0 radical (unpaired) electrons. The van der Waals surface area contributed by atoms with Gasteiger partial charge in [-0.1, -0.05) is 81.4 Å². The van der Waals surface area contributed by atoms with Gasteiger partial charge in [0.05, 0.1) is 12.7 Å². The number of rotatable bonds is 5. The highest BCUT2D eigenvalue weighted by atomic mass is 28.3. The number of aromatic nitrogens is 2. The van der Waals surface area contributed by atoms with Gasteiger partial charge in [0.1, 0.15) is 17.3 Å². The van der Waals surface area contributed by atoms with Gasteiger partial charge < -0.3 is 20.7 Å². The van der Waals surface area contributed by atoms with Gasteiger partial charge in [-0.3, -0.25) is 4.57 Å². The van der Waals surface area contributed by atoms with Crippen LogP contribution in [0.2, 0.25) is 5.04 Å². The summed E-state index contributed by atoms with van der Waals surface area (Å²) in [6.07, 6.45) is -0.0507. The van der Waals surface area contributed by atoms with Gasteiger partial charge in [-0.2, -0.15) is 4.98 Å². The summed E-state index contributed by atoms with van der Waals surface area (Å²) < 4.78 is 8.16. The van der Waals surface area contributed by atoms with E-state index < -0.39 is 31.3 Å². The van der Waals surface area contributed by atoms with Gasteiger partial charge in [0.2, 0.25) is 0 Å². The fraction of sp³-hybridized carbons (Fsp3) is 0.360. The normalized spacial score (nSPS) is 23.5. The van der Waals surface area contributed by atoms with Crippen LogP contribution in [0.15, 0.2) is 77.7 Å². The molecular formula is C25H31N3O4Si. The molecule has 1 saturated heterocycles. The van der Waals surface area contributed by atoms with Crippen LogP contribution in [-0.2, 0) is 10.1 Å². The van der Waals surface area contributed by atoms with Gasteiger partial charge in [-0.25, -0.2) is 4.79 Å². The first-order chi connectivity index (χ1) is 15.7. The standard InChI is InChI=1S/C25H31N3O4Si/c1-24(2,3)33(18-10-6-4-7-11-18,19-12-8-5-9-13-19)25(16-20(30)21(17-29)32-25)28-15-14-22(26)27-23(28)31/h4-15,20-21,29-30H,16-17H2,1-3H3,(H2,26,27,31)/t20-,21+,25-/m0/s1. The first kappa shape index (κ1) is 23.4. The second-order valence-electron chi connectivity index (χ2n) is 9.63. The number of hydrogen-bond donors (Lipinski definition) is 3. The second kappa shape index (κ2) is 8.53. The first-order valence-electron chi connectivity index (χ1n) is 11.1. The fourth-order valence-corrected chi connectivity index (χ4v) is 12.6. The molecule has 3 atom stereocenters. The van der Waals surface area contributed by atoms with Crippen LogP contribution in [-0.4, -0.2) is 46.7 Å². The highest BCUT2D eigenvalue weighted by Crippen LogP contribution is 2.51. The molecule has 1 aromatic heterocycles. The van der Waals surface area contributed by atoms with Crippen LogP contribution in [0.1, 0.15) is 27.2 Å². The Hall–Kier alpha value is -2.78. The van der Waals surface area contributed by atoms with Crippen molar-refractivity contribution >= 4 is 24.3 Å². The average molecular weight is 466 g/mol. The Morgan fingerprint density at radius 2 is 1.64 bits per heavy atom. The molecule has 8 heteroatoms. The first-order valence-corrected chi connectivity index (χ1v) is 13.1. The molecule has 0 aliphatic carbocycles. The van der Waals surface area contributed by atoms with Crippen molar-refractivity contribution in [2.75, 3.05) is 12.3 Å². The van der Waals surface area contributed by atoms with Gasteiger partial charge in [-0.15, -0.1) is 0 Å². The van der Waals surface area contributed by atoms with Crippen molar-refractivity contribution in [3.63, 3.8) is 0 Å². The smallest absolute Gasteiger partial charge is 0.351 e. The van der Waals surface area contributed by atoms with Crippen LogP contribution in [0.5, 0.6) is 0 Å². The lowest BCUT2D eigenvalue weighted by Gasteiger charge is -2.54. The number of nitrogens with two attached hydrogens (primary N) is 1. The summed E-state index contributed by atoms with van der Waals surface area (Å²) in [5, 5.41) is 21.5. The monoisotopic (exact) mass is 465 g/mol. The van der Waals surface area contributed by atoms with E-state index in [2.05, 4.69) is 50.0 Å². The Kier molecular flexibility index (Phi) is 6.04. The summed E-state index contributed by atoms with van der Waals surface area (Å²) in [6, 6.07) is 21.7. The molecule has 1 aliphatic rings. The quantitative estimate of drug-likeness (QED) is 0.489. The van der Waals surface area contributed by atoms with Gasteiger partial charge in [-0.05, 0) is 21.5 Å².